The number of halogens is 1. The molecule has 0 aliphatic heterocycles. The number of aryl methyl sites for hydroxylation is 2. The van der Waals surface area contributed by atoms with Crippen LogP contribution in [0.5, 0.6) is 0 Å². The van der Waals surface area contributed by atoms with Crippen molar-refractivity contribution < 1.29 is 0 Å². The van der Waals surface area contributed by atoms with Crippen molar-refractivity contribution in [3.8, 4) is 0 Å². The summed E-state index contributed by atoms with van der Waals surface area (Å²) >= 11 is 3.79. The second-order valence-electron chi connectivity index (χ2n) is 4.17. The van der Waals surface area contributed by atoms with Gasteiger partial charge in [-0.3, -0.25) is 0 Å². The van der Waals surface area contributed by atoms with Gasteiger partial charge in [-0.25, -0.2) is 0 Å². The zero-order chi connectivity index (χ0) is 9.59. The van der Waals surface area contributed by atoms with Crippen LogP contribution < -0.4 is 0 Å². The lowest BCUT2D eigenvalue weighted by Crippen LogP contribution is -1.95. The van der Waals surface area contributed by atoms with Crippen molar-refractivity contribution in [3.63, 3.8) is 0 Å². The SMILES string of the molecule is Cc1ccc(C)c2c1CC(C)C2Br. The highest BCUT2D eigenvalue weighted by atomic mass is 79.9. The lowest BCUT2D eigenvalue weighted by atomic mass is 10.0. The third-order valence-corrected chi connectivity index (χ3v) is 4.47. The van der Waals surface area contributed by atoms with E-state index >= 15 is 0 Å². The minimum absolute atomic E-state index is 0.572. The number of fused-ring (bicyclic) bond motifs is 1. The molecule has 0 heterocycles. The summed E-state index contributed by atoms with van der Waals surface area (Å²) in [6, 6.07) is 4.48. The van der Waals surface area contributed by atoms with Crippen molar-refractivity contribution in [1.29, 1.82) is 0 Å². The smallest absolute Gasteiger partial charge is 0.0429 e. The Balaban J connectivity index is 2.61. The normalized spacial score (nSPS) is 26.2. The minimum Gasteiger partial charge on any atom is -0.0836 e. The molecule has 1 aromatic rings. The van der Waals surface area contributed by atoms with Gasteiger partial charge >= 0.3 is 0 Å². The van der Waals surface area contributed by atoms with Crippen molar-refractivity contribution in [2.75, 3.05) is 0 Å². The molecular formula is C12H15Br. The minimum atomic E-state index is 0.572. The van der Waals surface area contributed by atoms with Gasteiger partial charge in [0.1, 0.15) is 0 Å². The van der Waals surface area contributed by atoms with Crippen LogP contribution in [0.1, 0.15) is 34.0 Å². The number of benzene rings is 1. The Morgan fingerprint density at radius 2 is 1.85 bits per heavy atom. The average Bonchev–Trinajstić information content (AvgIpc) is 2.38. The van der Waals surface area contributed by atoms with E-state index in [-0.39, 0.29) is 0 Å². The highest BCUT2D eigenvalue weighted by Crippen LogP contribution is 2.44. The molecule has 2 rings (SSSR count). The summed E-state index contributed by atoms with van der Waals surface area (Å²) in [4.78, 5) is 0.572. The van der Waals surface area contributed by atoms with Crippen molar-refractivity contribution in [1.82, 2.24) is 0 Å². The van der Waals surface area contributed by atoms with E-state index in [9.17, 15) is 0 Å². The maximum atomic E-state index is 3.79. The van der Waals surface area contributed by atoms with Gasteiger partial charge in [-0.15, -0.1) is 0 Å². The van der Waals surface area contributed by atoms with E-state index in [2.05, 4.69) is 48.8 Å². The van der Waals surface area contributed by atoms with Crippen LogP contribution in [0.3, 0.4) is 0 Å². The first-order chi connectivity index (χ1) is 6.11. The Morgan fingerprint density at radius 1 is 1.23 bits per heavy atom. The van der Waals surface area contributed by atoms with Gasteiger partial charge in [0.15, 0.2) is 0 Å². The molecule has 1 aliphatic carbocycles. The first kappa shape index (κ1) is 9.26. The van der Waals surface area contributed by atoms with Gasteiger partial charge in [0.25, 0.3) is 0 Å². The summed E-state index contributed by atoms with van der Waals surface area (Å²) in [6.07, 6.45) is 1.23. The van der Waals surface area contributed by atoms with Gasteiger partial charge in [0.05, 0.1) is 0 Å². The fourth-order valence-corrected chi connectivity index (χ4v) is 3.08. The van der Waals surface area contributed by atoms with Crippen LogP contribution in [0, 0.1) is 19.8 Å². The monoisotopic (exact) mass is 238 g/mol. The van der Waals surface area contributed by atoms with Crippen LogP contribution in [0.2, 0.25) is 0 Å². The van der Waals surface area contributed by atoms with Crippen LogP contribution in [0.25, 0.3) is 0 Å². The average molecular weight is 239 g/mol. The van der Waals surface area contributed by atoms with Gasteiger partial charge in [0.2, 0.25) is 0 Å². The molecule has 2 unspecified atom stereocenters. The van der Waals surface area contributed by atoms with Gasteiger partial charge in [-0.05, 0) is 48.4 Å². The zero-order valence-electron chi connectivity index (χ0n) is 8.39. The molecule has 0 radical (unpaired) electrons. The Morgan fingerprint density at radius 3 is 2.46 bits per heavy atom. The summed E-state index contributed by atoms with van der Waals surface area (Å²) in [6.45, 7) is 6.75. The molecular weight excluding hydrogens is 224 g/mol. The van der Waals surface area contributed by atoms with Crippen molar-refractivity contribution in [3.05, 3.63) is 34.4 Å². The third kappa shape index (κ3) is 1.34. The van der Waals surface area contributed by atoms with E-state index < -0.39 is 0 Å². The van der Waals surface area contributed by atoms with Crippen molar-refractivity contribution in [2.45, 2.75) is 32.0 Å². The lowest BCUT2D eigenvalue weighted by molar-refractivity contribution is 0.621. The first-order valence-electron chi connectivity index (χ1n) is 4.84. The van der Waals surface area contributed by atoms with Gasteiger partial charge in [-0.1, -0.05) is 35.0 Å². The Bertz CT molecular complexity index is 341. The zero-order valence-corrected chi connectivity index (χ0v) is 9.98. The molecule has 13 heavy (non-hydrogen) atoms. The van der Waals surface area contributed by atoms with Crippen LogP contribution in [0.15, 0.2) is 12.1 Å². The number of hydrogen-bond acceptors (Lipinski definition) is 0. The topological polar surface area (TPSA) is 0 Å². The second kappa shape index (κ2) is 3.13. The molecule has 70 valence electrons. The fraction of sp³-hybridized carbons (Fsp3) is 0.500. The Hall–Kier alpha value is -0.300. The van der Waals surface area contributed by atoms with Crippen LogP contribution in [-0.2, 0) is 6.42 Å². The molecule has 2 atom stereocenters. The first-order valence-corrected chi connectivity index (χ1v) is 5.76. The highest BCUT2D eigenvalue weighted by Gasteiger charge is 2.29. The fourth-order valence-electron chi connectivity index (χ4n) is 2.26. The maximum absolute atomic E-state index is 3.79. The molecule has 0 spiro atoms. The second-order valence-corrected chi connectivity index (χ2v) is 5.16. The maximum Gasteiger partial charge on any atom is 0.0429 e. The van der Waals surface area contributed by atoms with E-state index in [1.54, 1.807) is 11.1 Å². The predicted octanol–water partition coefficient (Wildman–Crippen LogP) is 3.93. The summed E-state index contributed by atoms with van der Waals surface area (Å²) in [5, 5.41) is 0. The Labute approximate surface area is 88.5 Å². The molecule has 0 bridgehead atoms. The standard InChI is InChI=1S/C12H15Br/c1-7-4-5-8(2)11-10(7)6-9(3)12(11)13/h4-5,9,12H,6H2,1-3H3. The summed E-state index contributed by atoms with van der Waals surface area (Å²) < 4.78 is 0. The van der Waals surface area contributed by atoms with Crippen LogP contribution in [0.4, 0.5) is 0 Å². The highest BCUT2D eigenvalue weighted by molar-refractivity contribution is 9.09. The molecule has 0 amide bonds. The Kier molecular flexibility index (Phi) is 2.23. The molecule has 0 saturated heterocycles. The van der Waals surface area contributed by atoms with E-state index in [1.165, 1.54) is 17.5 Å². The molecule has 0 N–H and O–H groups in total. The molecule has 0 nitrogen and oxygen atoms in total. The molecule has 1 aromatic carbocycles. The number of rotatable bonds is 0. The van der Waals surface area contributed by atoms with Gasteiger partial charge in [0, 0.05) is 4.83 Å². The largest absolute Gasteiger partial charge is 0.0836 e. The number of hydrogen-bond donors (Lipinski definition) is 0. The van der Waals surface area contributed by atoms with Gasteiger partial charge in [-0.2, -0.15) is 0 Å². The number of alkyl halides is 1. The van der Waals surface area contributed by atoms with E-state index in [1.807, 2.05) is 0 Å². The summed E-state index contributed by atoms with van der Waals surface area (Å²) in [5.74, 6) is 0.745. The lowest BCUT2D eigenvalue weighted by Gasteiger charge is -2.10. The quantitative estimate of drug-likeness (QED) is 0.602. The van der Waals surface area contributed by atoms with E-state index in [0.717, 1.165) is 5.92 Å². The van der Waals surface area contributed by atoms with Crippen LogP contribution >= 0.6 is 15.9 Å². The molecule has 0 saturated carbocycles. The molecule has 0 fully saturated rings. The summed E-state index contributed by atoms with van der Waals surface area (Å²) in [7, 11) is 0. The molecule has 1 heteroatoms. The molecule has 1 aliphatic rings. The molecule has 0 aromatic heterocycles. The van der Waals surface area contributed by atoms with Crippen molar-refractivity contribution in [2.24, 2.45) is 5.92 Å². The van der Waals surface area contributed by atoms with Crippen molar-refractivity contribution >= 4 is 15.9 Å². The predicted molar refractivity (Wildman–Crippen MR) is 60.5 cm³/mol. The third-order valence-electron chi connectivity index (χ3n) is 3.11. The van der Waals surface area contributed by atoms with Gasteiger partial charge < -0.3 is 0 Å². The van der Waals surface area contributed by atoms with E-state index in [0.29, 0.717) is 4.83 Å². The van der Waals surface area contributed by atoms with Crippen LogP contribution in [-0.4, -0.2) is 0 Å². The van der Waals surface area contributed by atoms with E-state index in [4.69, 9.17) is 0 Å². The summed E-state index contributed by atoms with van der Waals surface area (Å²) in [5.41, 5.74) is 6.02.